The fraction of sp³-hybridized carbons (Fsp3) is 0.238. The number of carbonyl (C=O) groups is 4. The molecule has 0 bridgehead atoms. The van der Waals surface area contributed by atoms with Gasteiger partial charge in [-0.15, -0.1) is 0 Å². The first-order valence-corrected chi connectivity index (χ1v) is 9.17. The second-order valence-electron chi connectivity index (χ2n) is 6.61. The molecule has 0 aromatic heterocycles. The molecule has 2 aliphatic heterocycles. The van der Waals surface area contributed by atoms with Crippen LogP contribution < -0.4 is 4.90 Å². The Morgan fingerprint density at radius 1 is 0.897 bits per heavy atom. The van der Waals surface area contributed by atoms with E-state index in [4.69, 9.17) is 9.47 Å². The number of ether oxygens (including phenoxy) is 2. The number of hydrogen-bond acceptors (Lipinski definition) is 6. The van der Waals surface area contributed by atoms with E-state index in [-0.39, 0.29) is 18.1 Å². The molecule has 1 saturated heterocycles. The molecule has 2 aliphatic rings. The first-order chi connectivity index (χ1) is 14.1. The van der Waals surface area contributed by atoms with Gasteiger partial charge in [-0.2, -0.15) is 0 Å². The van der Waals surface area contributed by atoms with Crippen molar-refractivity contribution in [2.45, 2.75) is 0 Å². The zero-order valence-corrected chi connectivity index (χ0v) is 15.5. The lowest BCUT2D eigenvalue weighted by Gasteiger charge is -2.26. The molecule has 8 nitrogen and oxygen atoms in total. The number of carbonyl (C=O) groups excluding carboxylic acids is 4. The molecule has 0 spiro atoms. The summed E-state index contributed by atoms with van der Waals surface area (Å²) in [6.45, 7) is 1.55. The largest absolute Gasteiger partial charge is 0.452 e. The molecule has 0 N–H and O–H groups in total. The van der Waals surface area contributed by atoms with Crippen molar-refractivity contribution in [1.29, 1.82) is 0 Å². The number of benzene rings is 2. The minimum absolute atomic E-state index is 0.222. The van der Waals surface area contributed by atoms with Crippen molar-refractivity contribution in [1.82, 2.24) is 4.90 Å². The summed E-state index contributed by atoms with van der Waals surface area (Å²) in [5.74, 6) is -1.74. The van der Waals surface area contributed by atoms with Gasteiger partial charge in [-0.25, -0.2) is 9.69 Å². The molecule has 0 saturated carbocycles. The minimum atomic E-state index is -0.652. The zero-order valence-electron chi connectivity index (χ0n) is 15.5. The maximum absolute atomic E-state index is 12.5. The van der Waals surface area contributed by atoms with Gasteiger partial charge in [-0.3, -0.25) is 14.4 Å². The first kappa shape index (κ1) is 18.8. The number of imide groups is 1. The van der Waals surface area contributed by atoms with Gasteiger partial charge in [0.25, 0.3) is 17.7 Å². The molecular formula is C21H18N2O6. The summed E-state index contributed by atoms with van der Waals surface area (Å²) in [7, 11) is 0. The summed E-state index contributed by atoms with van der Waals surface area (Å²) in [4.78, 5) is 51.9. The van der Waals surface area contributed by atoms with E-state index in [0.717, 1.165) is 4.90 Å². The normalized spacial score (nSPS) is 16.0. The van der Waals surface area contributed by atoms with Crippen LogP contribution in [0, 0.1) is 0 Å². The van der Waals surface area contributed by atoms with Crippen molar-refractivity contribution >= 4 is 29.4 Å². The van der Waals surface area contributed by atoms with E-state index in [9.17, 15) is 19.2 Å². The number of anilines is 1. The van der Waals surface area contributed by atoms with Crippen molar-refractivity contribution in [2.24, 2.45) is 0 Å². The number of esters is 1. The molecule has 8 heteroatoms. The molecular weight excluding hydrogens is 376 g/mol. The quantitative estimate of drug-likeness (QED) is 0.576. The van der Waals surface area contributed by atoms with Gasteiger partial charge in [0, 0.05) is 13.1 Å². The summed E-state index contributed by atoms with van der Waals surface area (Å²) < 4.78 is 10.3. The maximum atomic E-state index is 12.5. The van der Waals surface area contributed by atoms with Crippen molar-refractivity contribution in [3.63, 3.8) is 0 Å². The van der Waals surface area contributed by atoms with E-state index in [1.807, 2.05) is 0 Å². The Labute approximate surface area is 166 Å². The van der Waals surface area contributed by atoms with Crippen LogP contribution in [-0.4, -0.2) is 61.5 Å². The van der Waals surface area contributed by atoms with E-state index >= 15 is 0 Å². The highest BCUT2D eigenvalue weighted by molar-refractivity contribution is 6.34. The number of nitrogens with zero attached hydrogens (tertiary/aromatic N) is 2. The third-order valence-corrected chi connectivity index (χ3v) is 4.85. The molecule has 148 valence electrons. The molecule has 3 amide bonds. The number of fused-ring (bicyclic) bond motifs is 1. The second-order valence-corrected chi connectivity index (χ2v) is 6.61. The summed E-state index contributed by atoms with van der Waals surface area (Å²) >= 11 is 0. The Hall–Kier alpha value is -3.52. The Morgan fingerprint density at radius 3 is 2.07 bits per heavy atom. The maximum Gasteiger partial charge on any atom is 0.338 e. The molecule has 29 heavy (non-hydrogen) atoms. The molecule has 0 atom stereocenters. The van der Waals surface area contributed by atoms with E-state index in [2.05, 4.69) is 0 Å². The smallest absolute Gasteiger partial charge is 0.338 e. The predicted molar refractivity (Wildman–Crippen MR) is 102 cm³/mol. The molecule has 2 aromatic rings. The highest BCUT2D eigenvalue weighted by Crippen LogP contribution is 2.28. The summed E-state index contributed by atoms with van der Waals surface area (Å²) in [5, 5.41) is 0. The Morgan fingerprint density at radius 2 is 1.48 bits per heavy atom. The average molecular weight is 394 g/mol. The minimum Gasteiger partial charge on any atom is -0.452 e. The molecule has 0 unspecified atom stereocenters. The Balaban J connectivity index is 1.40. The zero-order chi connectivity index (χ0) is 20.4. The van der Waals surface area contributed by atoms with Gasteiger partial charge in [0.1, 0.15) is 0 Å². The molecule has 1 fully saturated rings. The van der Waals surface area contributed by atoms with Gasteiger partial charge in [0.2, 0.25) is 0 Å². The van der Waals surface area contributed by atoms with Gasteiger partial charge in [0.15, 0.2) is 6.61 Å². The standard InChI is InChI=1S/C21H18N2O6/c24-18(22-9-11-28-12-10-22)13-29-21(27)14-5-7-15(8-6-14)23-19(25)16-3-1-2-4-17(16)20(23)26/h1-8H,9-13H2. The van der Waals surface area contributed by atoms with Crippen molar-refractivity contribution in [3.05, 3.63) is 65.2 Å². The molecule has 0 aliphatic carbocycles. The summed E-state index contributed by atoms with van der Waals surface area (Å²) in [6, 6.07) is 12.5. The third-order valence-electron chi connectivity index (χ3n) is 4.85. The van der Waals surface area contributed by atoms with E-state index in [1.54, 1.807) is 29.2 Å². The summed E-state index contributed by atoms with van der Waals surface area (Å²) in [5.41, 5.74) is 1.28. The second kappa shape index (κ2) is 7.84. The lowest BCUT2D eigenvalue weighted by Crippen LogP contribution is -2.42. The first-order valence-electron chi connectivity index (χ1n) is 9.17. The van der Waals surface area contributed by atoms with Crippen molar-refractivity contribution < 1.29 is 28.7 Å². The van der Waals surface area contributed by atoms with Crippen LogP contribution in [-0.2, 0) is 14.3 Å². The third kappa shape index (κ3) is 3.62. The fourth-order valence-electron chi connectivity index (χ4n) is 3.28. The average Bonchev–Trinajstić information content (AvgIpc) is 3.03. The highest BCUT2D eigenvalue weighted by Gasteiger charge is 2.36. The monoisotopic (exact) mass is 394 g/mol. The molecule has 2 aromatic carbocycles. The number of amides is 3. The van der Waals surface area contributed by atoms with Crippen LogP contribution in [0.5, 0.6) is 0 Å². The summed E-state index contributed by atoms with van der Waals surface area (Å²) in [6.07, 6.45) is 0. The van der Waals surface area contributed by atoms with Crippen LogP contribution in [0.1, 0.15) is 31.1 Å². The van der Waals surface area contributed by atoms with Crippen LogP contribution in [0.2, 0.25) is 0 Å². The number of morpholine rings is 1. The van der Waals surface area contributed by atoms with Gasteiger partial charge in [-0.1, -0.05) is 12.1 Å². The van der Waals surface area contributed by atoms with E-state index in [1.165, 1.54) is 24.3 Å². The molecule has 0 radical (unpaired) electrons. The van der Waals surface area contributed by atoms with Gasteiger partial charge < -0.3 is 14.4 Å². The van der Waals surface area contributed by atoms with Crippen molar-refractivity contribution in [3.8, 4) is 0 Å². The van der Waals surface area contributed by atoms with Crippen LogP contribution >= 0.6 is 0 Å². The van der Waals surface area contributed by atoms with Crippen LogP contribution in [0.25, 0.3) is 0 Å². The van der Waals surface area contributed by atoms with Crippen LogP contribution in [0.4, 0.5) is 5.69 Å². The SMILES string of the molecule is O=C(OCC(=O)N1CCOCC1)c1ccc(N2C(=O)c3ccccc3C2=O)cc1. The van der Waals surface area contributed by atoms with Crippen LogP contribution in [0.3, 0.4) is 0 Å². The predicted octanol–water partition coefficient (Wildman–Crippen LogP) is 1.50. The van der Waals surface area contributed by atoms with Gasteiger partial charge in [0.05, 0.1) is 35.6 Å². The van der Waals surface area contributed by atoms with E-state index in [0.29, 0.717) is 43.1 Å². The van der Waals surface area contributed by atoms with Gasteiger partial charge in [-0.05, 0) is 36.4 Å². The lowest BCUT2D eigenvalue weighted by atomic mass is 10.1. The van der Waals surface area contributed by atoms with Gasteiger partial charge >= 0.3 is 5.97 Å². The highest BCUT2D eigenvalue weighted by atomic mass is 16.5. The Bertz CT molecular complexity index is 944. The van der Waals surface area contributed by atoms with Crippen molar-refractivity contribution in [2.75, 3.05) is 37.8 Å². The topological polar surface area (TPSA) is 93.2 Å². The lowest BCUT2D eigenvalue weighted by molar-refractivity contribution is -0.138. The fourth-order valence-corrected chi connectivity index (χ4v) is 3.28. The number of hydrogen-bond donors (Lipinski definition) is 0. The number of rotatable bonds is 4. The van der Waals surface area contributed by atoms with E-state index < -0.39 is 17.8 Å². The molecule has 4 rings (SSSR count). The molecule has 2 heterocycles. The van der Waals surface area contributed by atoms with Crippen LogP contribution in [0.15, 0.2) is 48.5 Å². The Kier molecular flexibility index (Phi) is 5.09.